The maximum absolute atomic E-state index is 14.0. The smallest absolute Gasteiger partial charge is 0.272 e. The van der Waals surface area contributed by atoms with Crippen LogP contribution in [0.25, 0.3) is 16.3 Å². The molecule has 2 aromatic heterocycles. The number of nitrogens with zero attached hydrogens (tertiary/aromatic N) is 4. The molecule has 5 aromatic rings. The van der Waals surface area contributed by atoms with Crippen molar-refractivity contribution in [2.24, 2.45) is 0 Å². The Labute approximate surface area is 234 Å². The molecule has 1 saturated heterocycles. The van der Waals surface area contributed by atoms with Crippen molar-refractivity contribution in [1.82, 2.24) is 19.6 Å². The molecule has 3 heterocycles. The van der Waals surface area contributed by atoms with E-state index in [0.29, 0.717) is 18.8 Å². The lowest BCUT2D eigenvalue weighted by molar-refractivity contribution is 0.0588. The Morgan fingerprint density at radius 2 is 1.46 bits per heavy atom. The van der Waals surface area contributed by atoms with Gasteiger partial charge in [0.05, 0.1) is 16.6 Å². The standard InChI is InChI=1S/C33H32N4OS/c1-24-15-16-29(25(2)22-24)37-30(23-28(34-37)31-14-9-21-39-31)33(38)36-19-17-35(18-20-36)32(26-10-5-3-6-11-26)27-12-7-4-8-13-27/h3-16,21-23,32H,17-20H2,1-2H3. The third-order valence-corrected chi connectivity index (χ3v) is 8.37. The molecule has 0 aliphatic carbocycles. The van der Waals surface area contributed by atoms with Crippen molar-refractivity contribution >= 4 is 17.2 Å². The van der Waals surface area contributed by atoms with Gasteiger partial charge in [0.25, 0.3) is 5.91 Å². The summed E-state index contributed by atoms with van der Waals surface area (Å²) in [5.41, 5.74) is 7.23. The van der Waals surface area contributed by atoms with Gasteiger partial charge in [0.2, 0.25) is 0 Å². The summed E-state index contributed by atoms with van der Waals surface area (Å²) in [5.74, 6) is 0.0286. The molecule has 0 atom stereocenters. The quantitative estimate of drug-likeness (QED) is 0.242. The van der Waals surface area contributed by atoms with Gasteiger partial charge in [-0.25, -0.2) is 4.68 Å². The van der Waals surface area contributed by atoms with Crippen molar-refractivity contribution in [3.05, 3.63) is 130 Å². The molecule has 3 aromatic carbocycles. The van der Waals surface area contributed by atoms with Crippen molar-refractivity contribution in [1.29, 1.82) is 0 Å². The summed E-state index contributed by atoms with van der Waals surface area (Å²) in [6.07, 6.45) is 0. The van der Waals surface area contributed by atoms with Crippen LogP contribution in [0.2, 0.25) is 0 Å². The molecule has 6 heteroatoms. The average molecular weight is 533 g/mol. The average Bonchev–Trinajstić information content (AvgIpc) is 3.65. The molecule has 1 aliphatic heterocycles. The zero-order chi connectivity index (χ0) is 26.8. The van der Waals surface area contributed by atoms with Gasteiger partial charge in [0, 0.05) is 26.2 Å². The zero-order valence-corrected chi connectivity index (χ0v) is 23.1. The number of aromatic nitrogens is 2. The molecule has 1 aliphatic rings. The van der Waals surface area contributed by atoms with E-state index in [1.165, 1.54) is 16.7 Å². The van der Waals surface area contributed by atoms with Gasteiger partial charge in [-0.15, -0.1) is 11.3 Å². The van der Waals surface area contributed by atoms with E-state index < -0.39 is 0 Å². The minimum atomic E-state index is 0.0286. The molecule has 0 N–H and O–H groups in total. The summed E-state index contributed by atoms with van der Waals surface area (Å²) in [7, 11) is 0. The van der Waals surface area contributed by atoms with Crippen LogP contribution in [-0.2, 0) is 0 Å². The number of aryl methyl sites for hydroxylation is 2. The van der Waals surface area contributed by atoms with Crippen molar-refractivity contribution in [2.45, 2.75) is 19.9 Å². The fourth-order valence-electron chi connectivity index (χ4n) is 5.53. The highest BCUT2D eigenvalue weighted by molar-refractivity contribution is 7.13. The molecule has 0 unspecified atom stereocenters. The summed E-state index contributed by atoms with van der Waals surface area (Å²) < 4.78 is 1.84. The molecule has 1 amide bonds. The molecular weight excluding hydrogens is 500 g/mol. The van der Waals surface area contributed by atoms with Crippen LogP contribution in [0.4, 0.5) is 0 Å². The number of carbonyl (C=O) groups is 1. The second-order valence-corrected chi connectivity index (χ2v) is 11.1. The number of carbonyl (C=O) groups excluding carboxylic acids is 1. The summed E-state index contributed by atoms with van der Waals surface area (Å²) in [5, 5.41) is 6.96. The van der Waals surface area contributed by atoms with Crippen LogP contribution in [0.3, 0.4) is 0 Å². The Balaban J connectivity index is 1.28. The first-order chi connectivity index (χ1) is 19.1. The Hall–Kier alpha value is -4.00. The van der Waals surface area contributed by atoms with E-state index in [1.807, 2.05) is 27.1 Å². The van der Waals surface area contributed by atoms with E-state index in [-0.39, 0.29) is 11.9 Å². The molecule has 39 heavy (non-hydrogen) atoms. The lowest BCUT2D eigenvalue weighted by Crippen LogP contribution is -2.50. The number of thiophene rings is 1. The first-order valence-corrected chi connectivity index (χ1v) is 14.3. The van der Waals surface area contributed by atoms with Crippen LogP contribution >= 0.6 is 11.3 Å². The largest absolute Gasteiger partial charge is 0.335 e. The molecule has 0 bridgehead atoms. The predicted molar refractivity (Wildman–Crippen MR) is 159 cm³/mol. The SMILES string of the molecule is Cc1ccc(-n2nc(-c3cccs3)cc2C(=O)N2CCN(C(c3ccccc3)c3ccccc3)CC2)c(C)c1. The fraction of sp³-hybridized carbons (Fsp3) is 0.212. The van der Waals surface area contributed by atoms with Gasteiger partial charge in [-0.1, -0.05) is 84.4 Å². The highest BCUT2D eigenvalue weighted by atomic mass is 32.1. The van der Waals surface area contributed by atoms with Gasteiger partial charge < -0.3 is 4.90 Å². The fourth-order valence-corrected chi connectivity index (χ4v) is 6.22. The minimum absolute atomic E-state index is 0.0286. The van der Waals surface area contributed by atoms with Crippen LogP contribution in [-0.4, -0.2) is 51.7 Å². The first-order valence-electron chi connectivity index (χ1n) is 13.4. The van der Waals surface area contributed by atoms with E-state index >= 15 is 0 Å². The summed E-state index contributed by atoms with van der Waals surface area (Å²) in [4.78, 5) is 19.6. The van der Waals surface area contributed by atoms with Gasteiger partial charge in [-0.05, 0) is 54.1 Å². The number of benzene rings is 3. The molecular formula is C33H32N4OS. The van der Waals surface area contributed by atoms with Gasteiger partial charge in [-0.2, -0.15) is 5.10 Å². The van der Waals surface area contributed by atoms with Crippen LogP contribution in [0.5, 0.6) is 0 Å². The molecule has 6 rings (SSSR count). The van der Waals surface area contributed by atoms with Gasteiger partial charge >= 0.3 is 0 Å². The van der Waals surface area contributed by atoms with E-state index in [4.69, 9.17) is 5.10 Å². The van der Waals surface area contributed by atoms with Crippen LogP contribution < -0.4 is 0 Å². The van der Waals surface area contributed by atoms with Crippen molar-refractivity contribution < 1.29 is 4.79 Å². The summed E-state index contributed by atoms with van der Waals surface area (Å²) in [6, 6.07) is 33.8. The second-order valence-electron chi connectivity index (χ2n) is 10.1. The Kier molecular flexibility index (Phi) is 7.14. The lowest BCUT2D eigenvalue weighted by Gasteiger charge is -2.39. The van der Waals surface area contributed by atoms with Gasteiger partial charge in [-0.3, -0.25) is 9.69 Å². The molecule has 1 fully saturated rings. The highest BCUT2D eigenvalue weighted by Gasteiger charge is 2.30. The van der Waals surface area contributed by atoms with Crippen LogP contribution in [0, 0.1) is 13.8 Å². The minimum Gasteiger partial charge on any atom is -0.335 e. The number of amides is 1. The maximum atomic E-state index is 14.0. The third-order valence-electron chi connectivity index (χ3n) is 7.48. The van der Waals surface area contributed by atoms with Gasteiger partial charge in [0.1, 0.15) is 11.4 Å². The molecule has 0 radical (unpaired) electrons. The molecule has 0 saturated carbocycles. The van der Waals surface area contributed by atoms with Crippen LogP contribution in [0.15, 0.2) is 102 Å². The Morgan fingerprint density at radius 1 is 0.795 bits per heavy atom. The van der Waals surface area contributed by atoms with Crippen LogP contribution in [0.1, 0.15) is 38.8 Å². The third kappa shape index (κ3) is 5.18. The van der Waals surface area contributed by atoms with Crippen molar-refractivity contribution in [3.63, 3.8) is 0 Å². The molecule has 0 spiro atoms. The van der Waals surface area contributed by atoms with E-state index in [1.54, 1.807) is 11.3 Å². The van der Waals surface area contributed by atoms with Gasteiger partial charge in [0.15, 0.2) is 0 Å². The van der Waals surface area contributed by atoms with E-state index in [9.17, 15) is 4.79 Å². The number of hydrogen-bond donors (Lipinski definition) is 0. The van der Waals surface area contributed by atoms with E-state index in [2.05, 4.69) is 104 Å². The Morgan fingerprint density at radius 3 is 2.05 bits per heavy atom. The maximum Gasteiger partial charge on any atom is 0.272 e. The predicted octanol–water partition coefficient (Wildman–Crippen LogP) is 6.77. The second kappa shape index (κ2) is 11.0. The van der Waals surface area contributed by atoms with Crippen molar-refractivity contribution in [2.75, 3.05) is 26.2 Å². The highest BCUT2D eigenvalue weighted by Crippen LogP contribution is 2.31. The number of rotatable bonds is 6. The van der Waals surface area contributed by atoms with E-state index in [0.717, 1.165) is 34.9 Å². The zero-order valence-electron chi connectivity index (χ0n) is 22.3. The number of piperazine rings is 1. The molecule has 5 nitrogen and oxygen atoms in total. The lowest BCUT2D eigenvalue weighted by atomic mass is 9.96. The summed E-state index contributed by atoms with van der Waals surface area (Å²) in [6.45, 7) is 7.10. The summed E-state index contributed by atoms with van der Waals surface area (Å²) >= 11 is 1.64. The topological polar surface area (TPSA) is 41.4 Å². The first kappa shape index (κ1) is 25.3. The van der Waals surface area contributed by atoms with Crippen molar-refractivity contribution in [3.8, 4) is 16.3 Å². The Bertz CT molecular complexity index is 1510. The molecule has 196 valence electrons. The number of hydrogen-bond acceptors (Lipinski definition) is 4. The normalized spacial score (nSPS) is 14.2. The monoisotopic (exact) mass is 532 g/mol.